The number of hydrogen-bond donors (Lipinski definition) is 2. The fourth-order valence-corrected chi connectivity index (χ4v) is 6.84. The summed E-state index contributed by atoms with van der Waals surface area (Å²) in [6.45, 7) is 7.48. The van der Waals surface area contributed by atoms with Crippen molar-refractivity contribution in [3.8, 4) is 10.7 Å². The zero-order valence-corrected chi connectivity index (χ0v) is 20.8. The van der Waals surface area contributed by atoms with E-state index in [0.717, 1.165) is 24.2 Å². The van der Waals surface area contributed by atoms with Gasteiger partial charge in [-0.3, -0.25) is 4.40 Å². The van der Waals surface area contributed by atoms with Gasteiger partial charge in [0.2, 0.25) is 10.0 Å². The highest BCUT2D eigenvalue weighted by Crippen LogP contribution is 2.40. The lowest BCUT2D eigenvalue weighted by molar-refractivity contribution is 0.150. The molecule has 0 unspecified atom stereocenters. The van der Waals surface area contributed by atoms with Crippen molar-refractivity contribution < 1.29 is 17.2 Å². The summed E-state index contributed by atoms with van der Waals surface area (Å²) in [6.07, 6.45) is 1.18. The monoisotopic (exact) mass is 511 g/mol. The van der Waals surface area contributed by atoms with Crippen LogP contribution >= 0.6 is 11.3 Å². The van der Waals surface area contributed by atoms with Crippen LogP contribution in [0.25, 0.3) is 16.2 Å². The van der Waals surface area contributed by atoms with E-state index in [-0.39, 0.29) is 22.0 Å². The molecule has 9 nitrogen and oxygen atoms in total. The number of sulfonamides is 1. The van der Waals surface area contributed by atoms with E-state index in [1.54, 1.807) is 22.9 Å². The van der Waals surface area contributed by atoms with E-state index < -0.39 is 27.0 Å². The molecule has 0 aromatic carbocycles. The van der Waals surface area contributed by atoms with Gasteiger partial charge in [0, 0.05) is 30.7 Å². The molecule has 5 rings (SSSR count). The minimum absolute atomic E-state index is 0.119. The summed E-state index contributed by atoms with van der Waals surface area (Å²) in [5.41, 5.74) is 0.420. The van der Waals surface area contributed by atoms with Crippen LogP contribution in [0.4, 0.5) is 14.6 Å². The Morgan fingerprint density at radius 3 is 2.53 bits per heavy atom. The second-order valence-electron chi connectivity index (χ2n) is 9.26. The van der Waals surface area contributed by atoms with E-state index in [2.05, 4.69) is 44.0 Å². The predicted octanol–water partition coefficient (Wildman–Crippen LogP) is 3.20. The SMILES string of the molecule is CCC1(NS(=O)(=O)c2cc(N3C[C@H](C)N[C@@H](C)C3)n3cnc(-c4nnc(C(F)F)s4)c3c2)CC1. The van der Waals surface area contributed by atoms with Gasteiger partial charge in [-0.15, -0.1) is 10.2 Å². The van der Waals surface area contributed by atoms with Gasteiger partial charge in [-0.25, -0.2) is 26.9 Å². The number of piperazine rings is 1. The fourth-order valence-electron chi connectivity index (χ4n) is 4.57. The number of anilines is 1. The molecule has 13 heteroatoms. The average Bonchev–Trinajstić information content (AvgIpc) is 3.18. The molecule has 1 aliphatic heterocycles. The van der Waals surface area contributed by atoms with Gasteiger partial charge < -0.3 is 10.2 Å². The minimum atomic E-state index is -3.82. The second kappa shape index (κ2) is 8.47. The van der Waals surface area contributed by atoms with Crippen LogP contribution in [0.2, 0.25) is 0 Å². The van der Waals surface area contributed by atoms with Crippen LogP contribution in [0.3, 0.4) is 0 Å². The lowest BCUT2D eigenvalue weighted by Gasteiger charge is -2.38. The molecule has 0 spiro atoms. The average molecular weight is 512 g/mol. The summed E-state index contributed by atoms with van der Waals surface area (Å²) >= 11 is 0.756. The largest absolute Gasteiger partial charge is 0.355 e. The summed E-state index contributed by atoms with van der Waals surface area (Å²) in [7, 11) is -3.82. The third-order valence-electron chi connectivity index (χ3n) is 6.50. The van der Waals surface area contributed by atoms with Crippen molar-refractivity contribution in [2.45, 2.75) is 69.0 Å². The third-order valence-corrected chi connectivity index (χ3v) is 9.00. The number of aromatic nitrogens is 4. The van der Waals surface area contributed by atoms with Crippen molar-refractivity contribution in [3.05, 3.63) is 23.5 Å². The predicted molar refractivity (Wildman–Crippen MR) is 126 cm³/mol. The number of fused-ring (bicyclic) bond motifs is 1. The van der Waals surface area contributed by atoms with E-state index in [0.29, 0.717) is 36.5 Å². The smallest absolute Gasteiger partial charge is 0.291 e. The number of imidazole rings is 1. The molecule has 0 amide bonds. The van der Waals surface area contributed by atoms with Crippen molar-refractivity contribution in [2.24, 2.45) is 0 Å². The van der Waals surface area contributed by atoms with Crippen LogP contribution in [-0.2, 0) is 10.0 Å². The van der Waals surface area contributed by atoms with Crippen molar-refractivity contribution >= 4 is 32.7 Å². The molecular weight excluding hydrogens is 484 g/mol. The first kappa shape index (κ1) is 23.5. The van der Waals surface area contributed by atoms with Crippen molar-refractivity contribution in [1.29, 1.82) is 0 Å². The molecular formula is C21H27F2N7O2S2. The van der Waals surface area contributed by atoms with Crippen LogP contribution in [0, 0.1) is 0 Å². The lowest BCUT2D eigenvalue weighted by Crippen LogP contribution is -2.54. The molecule has 1 saturated carbocycles. The van der Waals surface area contributed by atoms with E-state index >= 15 is 0 Å². The Morgan fingerprint density at radius 1 is 1.24 bits per heavy atom. The van der Waals surface area contributed by atoms with Crippen LogP contribution in [0.1, 0.15) is 51.5 Å². The Bertz CT molecular complexity index is 1310. The van der Waals surface area contributed by atoms with Crippen LogP contribution in [-0.4, -0.2) is 58.7 Å². The number of alkyl halides is 2. The number of halogens is 2. The van der Waals surface area contributed by atoms with Gasteiger partial charge in [0.25, 0.3) is 6.43 Å². The minimum Gasteiger partial charge on any atom is -0.355 e. The van der Waals surface area contributed by atoms with Gasteiger partial charge in [-0.2, -0.15) is 0 Å². The standard InChI is InChI=1S/C21H27F2N7O2S2/c1-4-21(5-6-21)28-34(31,32)14-7-15-17(19-26-27-20(33-19)18(22)23)24-11-30(15)16(8-14)29-9-12(2)25-13(3)10-29/h7-8,11-13,18,25,28H,4-6,9-10H2,1-3H3/t12-,13-/m0/s1. The van der Waals surface area contributed by atoms with Crippen molar-refractivity contribution in [1.82, 2.24) is 29.6 Å². The van der Waals surface area contributed by atoms with E-state index in [4.69, 9.17) is 0 Å². The Labute approximate surface area is 200 Å². The molecule has 3 aromatic heterocycles. The number of nitrogens with zero attached hydrogens (tertiary/aromatic N) is 5. The highest BCUT2D eigenvalue weighted by atomic mass is 32.2. The number of rotatable bonds is 7. The topological polar surface area (TPSA) is 105 Å². The van der Waals surface area contributed by atoms with Gasteiger partial charge in [0.1, 0.15) is 17.8 Å². The zero-order valence-electron chi connectivity index (χ0n) is 19.1. The first-order chi connectivity index (χ1) is 16.1. The van der Waals surface area contributed by atoms with Crippen molar-refractivity contribution in [2.75, 3.05) is 18.0 Å². The number of hydrogen-bond acceptors (Lipinski definition) is 8. The Hall–Kier alpha value is -2.22. The van der Waals surface area contributed by atoms with Crippen LogP contribution in [0.5, 0.6) is 0 Å². The van der Waals surface area contributed by atoms with Gasteiger partial charge in [-0.05, 0) is 45.2 Å². The van der Waals surface area contributed by atoms with Crippen molar-refractivity contribution in [3.63, 3.8) is 0 Å². The quantitative estimate of drug-likeness (QED) is 0.502. The zero-order chi connectivity index (χ0) is 24.3. The fraction of sp³-hybridized carbons (Fsp3) is 0.571. The number of pyridine rings is 1. The molecule has 3 aromatic rings. The molecule has 2 atom stereocenters. The molecule has 0 bridgehead atoms. The summed E-state index contributed by atoms with van der Waals surface area (Å²) < 4.78 is 57.8. The van der Waals surface area contributed by atoms with Gasteiger partial charge in [0.05, 0.1) is 10.4 Å². The highest BCUT2D eigenvalue weighted by molar-refractivity contribution is 7.89. The van der Waals surface area contributed by atoms with Crippen LogP contribution in [0.15, 0.2) is 23.4 Å². The van der Waals surface area contributed by atoms with Gasteiger partial charge in [-0.1, -0.05) is 18.3 Å². The van der Waals surface area contributed by atoms with Gasteiger partial charge in [0.15, 0.2) is 10.0 Å². The highest BCUT2D eigenvalue weighted by Gasteiger charge is 2.44. The first-order valence-corrected chi connectivity index (χ1v) is 13.6. The van der Waals surface area contributed by atoms with E-state index in [1.807, 2.05) is 6.92 Å². The number of nitrogens with one attached hydrogen (secondary N) is 2. The molecule has 184 valence electrons. The molecule has 2 N–H and O–H groups in total. The summed E-state index contributed by atoms with van der Waals surface area (Å²) in [4.78, 5) is 6.67. The summed E-state index contributed by atoms with van der Waals surface area (Å²) in [5, 5.41) is 10.8. The Morgan fingerprint density at radius 2 is 1.94 bits per heavy atom. The second-order valence-corrected chi connectivity index (χ2v) is 11.9. The van der Waals surface area contributed by atoms with E-state index in [9.17, 15) is 17.2 Å². The Balaban J connectivity index is 1.66. The molecule has 0 radical (unpaired) electrons. The molecule has 1 saturated heterocycles. The maximum absolute atomic E-state index is 13.4. The summed E-state index contributed by atoms with van der Waals surface area (Å²) in [6, 6.07) is 3.61. The van der Waals surface area contributed by atoms with E-state index in [1.165, 1.54) is 0 Å². The molecule has 2 aliphatic rings. The maximum atomic E-state index is 13.4. The summed E-state index contributed by atoms with van der Waals surface area (Å²) in [5.74, 6) is 0.678. The molecule has 2 fully saturated rings. The van der Waals surface area contributed by atoms with Gasteiger partial charge >= 0.3 is 0 Å². The Kier molecular flexibility index (Phi) is 5.86. The first-order valence-electron chi connectivity index (χ1n) is 11.3. The molecule has 1 aliphatic carbocycles. The van der Waals surface area contributed by atoms with Crippen LogP contribution < -0.4 is 14.9 Å². The normalized spacial score (nSPS) is 22.6. The third kappa shape index (κ3) is 4.30. The molecule has 34 heavy (non-hydrogen) atoms. The molecule has 4 heterocycles. The maximum Gasteiger partial charge on any atom is 0.291 e. The lowest BCUT2D eigenvalue weighted by atomic mass is 10.1.